The number of halogens is 1. The van der Waals surface area contributed by atoms with E-state index < -0.39 is 0 Å². The number of oxime groups is 1. The molecule has 0 aliphatic carbocycles. The largest absolute Gasteiger partial charge is 0.409 e. The molecule has 98 valence electrons. The van der Waals surface area contributed by atoms with Crippen LogP contribution in [0.2, 0.25) is 0 Å². The second-order valence-electron chi connectivity index (χ2n) is 3.42. The lowest BCUT2D eigenvalue weighted by atomic mass is 10.2. The van der Waals surface area contributed by atoms with Gasteiger partial charge >= 0.3 is 0 Å². The van der Waals surface area contributed by atoms with E-state index in [0.717, 1.165) is 11.5 Å². The Morgan fingerprint density at radius 3 is 2.89 bits per heavy atom. The number of carbonyl (C=O) groups excluding carboxylic acids is 1. The van der Waals surface area contributed by atoms with Crippen molar-refractivity contribution in [3.63, 3.8) is 0 Å². The number of carbonyl (C=O) groups is 1. The smallest absolute Gasteiger partial charge is 0.269 e. The first kappa shape index (κ1) is 13.4. The fourth-order valence-corrected chi connectivity index (χ4v) is 2.17. The molecule has 0 unspecified atom stereocenters. The van der Waals surface area contributed by atoms with Gasteiger partial charge in [-0.25, -0.2) is 0 Å². The molecule has 19 heavy (non-hydrogen) atoms. The predicted molar refractivity (Wildman–Crippen MR) is 74.5 cm³/mol. The van der Waals surface area contributed by atoms with Gasteiger partial charge in [-0.05, 0) is 45.7 Å². The van der Waals surface area contributed by atoms with Gasteiger partial charge in [-0.1, -0.05) is 9.64 Å². The third-order valence-electron chi connectivity index (χ3n) is 2.21. The van der Waals surface area contributed by atoms with Gasteiger partial charge in [-0.15, -0.1) is 5.10 Å². The second-order valence-corrected chi connectivity index (χ2v) is 5.06. The van der Waals surface area contributed by atoms with Crippen molar-refractivity contribution in [1.82, 2.24) is 9.59 Å². The number of anilines is 1. The number of hydrogen-bond donors (Lipinski definition) is 3. The van der Waals surface area contributed by atoms with E-state index in [1.54, 1.807) is 18.2 Å². The lowest BCUT2D eigenvalue weighted by Crippen LogP contribution is -2.14. The molecule has 1 heterocycles. The average molecular weight is 342 g/mol. The normalized spacial score (nSPS) is 11.3. The molecule has 7 nitrogen and oxygen atoms in total. The Morgan fingerprint density at radius 1 is 1.53 bits per heavy atom. The Morgan fingerprint density at radius 2 is 2.32 bits per heavy atom. The number of amides is 1. The second kappa shape index (κ2) is 5.76. The van der Waals surface area contributed by atoms with E-state index >= 15 is 0 Å². The van der Waals surface area contributed by atoms with Crippen LogP contribution in [-0.4, -0.2) is 26.5 Å². The highest BCUT2D eigenvalue weighted by Gasteiger charge is 2.11. The van der Waals surface area contributed by atoms with Crippen molar-refractivity contribution in [3.05, 3.63) is 39.3 Å². The fraction of sp³-hybridized carbons (Fsp3) is 0. The fourth-order valence-electron chi connectivity index (χ4n) is 1.28. The van der Waals surface area contributed by atoms with Gasteiger partial charge in [-0.3, -0.25) is 4.79 Å². The summed E-state index contributed by atoms with van der Waals surface area (Å²) in [5.74, 6) is -0.308. The molecule has 0 bridgehead atoms. The van der Waals surface area contributed by atoms with Gasteiger partial charge in [-0.2, -0.15) is 0 Å². The summed E-state index contributed by atoms with van der Waals surface area (Å²) in [6.45, 7) is 0. The van der Waals surface area contributed by atoms with Crippen LogP contribution in [0.15, 0.2) is 34.0 Å². The molecule has 0 fully saturated rings. The molecule has 0 saturated heterocycles. The highest BCUT2D eigenvalue weighted by atomic mass is 79.9. The number of nitrogens with one attached hydrogen (secondary N) is 1. The zero-order chi connectivity index (χ0) is 13.8. The average Bonchev–Trinajstić information content (AvgIpc) is 2.94. The number of nitrogens with two attached hydrogens (primary N) is 1. The van der Waals surface area contributed by atoms with Crippen molar-refractivity contribution in [1.29, 1.82) is 0 Å². The Labute approximate surface area is 120 Å². The summed E-state index contributed by atoms with van der Waals surface area (Å²) in [4.78, 5) is 12.2. The van der Waals surface area contributed by atoms with E-state index in [1.807, 2.05) is 0 Å². The third kappa shape index (κ3) is 3.06. The maximum atomic E-state index is 11.8. The monoisotopic (exact) mass is 341 g/mol. The Kier molecular flexibility index (Phi) is 4.07. The molecular weight excluding hydrogens is 334 g/mol. The zero-order valence-corrected chi connectivity index (χ0v) is 11.8. The molecule has 1 aromatic carbocycles. The van der Waals surface area contributed by atoms with Gasteiger partial charge in [0.15, 0.2) is 5.84 Å². The molecule has 2 rings (SSSR count). The molecular formula is C10H8BrN5O2S. The molecule has 0 aliphatic rings. The molecule has 0 saturated carbocycles. The summed E-state index contributed by atoms with van der Waals surface area (Å²) < 4.78 is 4.23. The number of rotatable bonds is 3. The number of hydrogen-bond acceptors (Lipinski definition) is 6. The van der Waals surface area contributed by atoms with Gasteiger partial charge in [0.25, 0.3) is 5.91 Å². The Bertz CT molecular complexity index is 629. The van der Waals surface area contributed by atoms with Crippen LogP contribution in [0.5, 0.6) is 0 Å². The third-order valence-corrected chi connectivity index (χ3v) is 3.53. The van der Waals surface area contributed by atoms with Gasteiger partial charge in [0, 0.05) is 10.0 Å². The summed E-state index contributed by atoms with van der Waals surface area (Å²) in [6, 6.07) is 4.90. The van der Waals surface area contributed by atoms with Gasteiger partial charge < -0.3 is 16.3 Å². The summed E-state index contributed by atoms with van der Waals surface area (Å²) in [5, 5.41) is 17.8. The van der Waals surface area contributed by atoms with Crippen LogP contribution in [0.4, 0.5) is 5.69 Å². The van der Waals surface area contributed by atoms with Crippen LogP contribution >= 0.6 is 27.5 Å². The molecule has 2 aromatic rings. The predicted octanol–water partition coefficient (Wildman–Crippen LogP) is 1.65. The minimum Gasteiger partial charge on any atom is -0.409 e. The lowest BCUT2D eigenvalue weighted by Gasteiger charge is -2.07. The number of nitrogens with zero attached hydrogens (tertiary/aromatic N) is 3. The van der Waals surface area contributed by atoms with Crippen LogP contribution in [0.25, 0.3) is 0 Å². The molecule has 0 atom stereocenters. The summed E-state index contributed by atoms with van der Waals surface area (Å²) in [5.41, 5.74) is 6.57. The zero-order valence-electron chi connectivity index (χ0n) is 9.37. The van der Waals surface area contributed by atoms with Crippen molar-refractivity contribution in [3.8, 4) is 0 Å². The summed E-state index contributed by atoms with van der Waals surface area (Å²) >= 11 is 4.31. The van der Waals surface area contributed by atoms with Crippen molar-refractivity contribution in [2.75, 3.05) is 5.32 Å². The first-order valence-electron chi connectivity index (χ1n) is 4.98. The molecule has 4 N–H and O–H groups in total. The van der Waals surface area contributed by atoms with E-state index in [4.69, 9.17) is 10.9 Å². The lowest BCUT2D eigenvalue weighted by molar-refractivity contribution is 0.103. The number of aromatic nitrogens is 2. The van der Waals surface area contributed by atoms with Crippen LogP contribution in [0, 0.1) is 0 Å². The number of amidine groups is 1. The first-order valence-corrected chi connectivity index (χ1v) is 6.54. The molecule has 1 amide bonds. The van der Waals surface area contributed by atoms with Gasteiger partial charge in [0.2, 0.25) is 0 Å². The van der Waals surface area contributed by atoms with E-state index in [9.17, 15) is 4.79 Å². The van der Waals surface area contributed by atoms with Gasteiger partial charge in [0.1, 0.15) is 4.88 Å². The van der Waals surface area contributed by atoms with E-state index in [0.29, 0.717) is 20.6 Å². The van der Waals surface area contributed by atoms with Crippen molar-refractivity contribution >= 4 is 44.9 Å². The maximum absolute atomic E-state index is 11.8. The van der Waals surface area contributed by atoms with Crippen LogP contribution in [-0.2, 0) is 0 Å². The minimum absolute atomic E-state index is 0.00904. The minimum atomic E-state index is -0.299. The highest BCUT2D eigenvalue weighted by Crippen LogP contribution is 2.24. The SMILES string of the molecule is N/C(=N/O)c1ccc(NC(=O)c2cnns2)c(Br)c1. The topological polar surface area (TPSA) is 113 Å². The van der Waals surface area contributed by atoms with Crippen LogP contribution in [0.3, 0.4) is 0 Å². The molecule has 1 aromatic heterocycles. The number of benzene rings is 1. The quantitative estimate of drug-likeness (QED) is 0.340. The van der Waals surface area contributed by atoms with Crippen LogP contribution in [0.1, 0.15) is 15.2 Å². The van der Waals surface area contributed by atoms with Crippen molar-refractivity contribution in [2.24, 2.45) is 10.9 Å². The first-order chi connectivity index (χ1) is 9.11. The van der Waals surface area contributed by atoms with Crippen molar-refractivity contribution in [2.45, 2.75) is 0 Å². The maximum Gasteiger partial charge on any atom is 0.269 e. The Hall–Kier alpha value is -2.00. The molecule has 0 radical (unpaired) electrons. The summed E-state index contributed by atoms with van der Waals surface area (Å²) in [6.07, 6.45) is 1.39. The molecule has 0 spiro atoms. The van der Waals surface area contributed by atoms with E-state index in [1.165, 1.54) is 6.20 Å². The van der Waals surface area contributed by atoms with E-state index in [-0.39, 0.29) is 11.7 Å². The van der Waals surface area contributed by atoms with Crippen molar-refractivity contribution < 1.29 is 10.0 Å². The molecule has 0 aliphatic heterocycles. The molecule has 9 heteroatoms. The summed E-state index contributed by atoms with van der Waals surface area (Å²) in [7, 11) is 0. The van der Waals surface area contributed by atoms with Gasteiger partial charge in [0.05, 0.1) is 11.9 Å². The van der Waals surface area contributed by atoms with Crippen LogP contribution < -0.4 is 11.1 Å². The Balaban J connectivity index is 2.20. The van der Waals surface area contributed by atoms with E-state index in [2.05, 4.69) is 36.0 Å². The highest BCUT2D eigenvalue weighted by molar-refractivity contribution is 9.10. The standard InChI is InChI=1S/C10H8BrN5O2S/c11-6-3-5(9(12)15-18)1-2-7(6)14-10(17)8-4-13-16-19-8/h1-4,18H,(H2,12,15)(H,14,17).